The molecule has 1 N–H and O–H groups in total. The van der Waals surface area contributed by atoms with E-state index in [1.165, 1.54) is 18.2 Å². The minimum absolute atomic E-state index is 0.121. The van der Waals surface area contributed by atoms with Gasteiger partial charge in [-0.25, -0.2) is 20.0 Å². The first-order valence-electron chi connectivity index (χ1n) is 8.00. The molecular formula is C17H25N3O6. The summed E-state index contributed by atoms with van der Waals surface area (Å²) in [5.74, 6) is 0. The number of nitro groups is 1. The second-order valence-corrected chi connectivity index (χ2v) is 7.61. The summed E-state index contributed by atoms with van der Waals surface area (Å²) in [6, 6.07) is 5.74. The Kier molecular flexibility index (Phi) is 6.55. The summed E-state index contributed by atoms with van der Waals surface area (Å²) in [5, 5.41) is 11.8. The smallest absolute Gasteiger partial charge is 0.429 e. The van der Waals surface area contributed by atoms with E-state index in [2.05, 4.69) is 5.43 Å². The van der Waals surface area contributed by atoms with Gasteiger partial charge in [0, 0.05) is 12.1 Å². The van der Waals surface area contributed by atoms with Gasteiger partial charge in [-0.15, -0.1) is 0 Å². The maximum absolute atomic E-state index is 12.4. The van der Waals surface area contributed by atoms with Gasteiger partial charge in [-0.3, -0.25) is 10.1 Å². The molecule has 2 amide bonds. The quantitative estimate of drug-likeness (QED) is 0.643. The lowest BCUT2D eigenvalue weighted by Gasteiger charge is -2.28. The second kappa shape index (κ2) is 8.03. The van der Waals surface area contributed by atoms with E-state index in [1.54, 1.807) is 47.6 Å². The normalized spacial score (nSPS) is 11.5. The Morgan fingerprint density at radius 1 is 1.12 bits per heavy atom. The van der Waals surface area contributed by atoms with E-state index < -0.39 is 28.3 Å². The molecular weight excluding hydrogens is 342 g/mol. The third-order valence-corrected chi connectivity index (χ3v) is 2.70. The van der Waals surface area contributed by atoms with Crippen LogP contribution in [-0.2, 0) is 16.0 Å². The molecule has 0 unspecified atom stereocenters. The van der Waals surface area contributed by atoms with Crippen molar-refractivity contribution in [2.75, 3.05) is 0 Å². The Balaban J connectivity index is 3.00. The summed E-state index contributed by atoms with van der Waals surface area (Å²) in [7, 11) is 0. The van der Waals surface area contributed by atoms with E-state index >= 15 is 0 Å². The van der Waals surface area contributed by atoms with Crippen molar-refractivity contribution in [3.05, 3.63) is 39.9 Å². The topological polar surface area (TPSA) is 111 Å². The van der Waals surface area contributed by atoms with Crippen LogP contribution in [0.3, 0.4) is 0 Å². The lowest BCUT2D eigenvalue weighted by molar-refractivity contribution is -0.384. The maximum atomic E-state index is 12.4. The number of hydrogen-bond donors (Lipinski definition) is 1. The van der Waals surface area contributed by atoms with Crippen LogP contribution in [0.4, 0.5) is 15.3 Å². The Bertz CT molecular complexity index is 676. The predicted octanol–water partition coefficient (Wildman–Crippen LogP) is 3.77. The molecule has 0 saturated heterocycles. The molecule has 0 fully saturated rings. The van der Waals surface area contributed by atoms with Gasteiger partial charge in [0.2, 0.25) is 0 Å². The van der Waals surface area contributed by atoms with Crippen molar-refractivity contribution in [1.29, 1.82) is 0 Å². The molecule has 144 valence electrons. The van der Waals surface area contributed by atoms with Crippen molar-refractivity contribution in [2.45, 2.75) is 59.3 Å². The van der Waals surface area contributed by atoms with Crippen LogP contribution in [0.25, 0.3) is 0 Å². The van der Waals surface area contributed by atoms with Gasteiger partial charge in [0.25, 0.3) is 5.69 Å². The Labute approximate surface area is 152 Å². The number of carbonyl (C=O) groups excluding carboxylic acids is 2. The second-order valence-electron chi connectivity index (χ2n) is 7.61. The van der Waals surface area contributed by atoms with E-state index in [4.69, 9.17) is 9.47 Å². The van der Waals surface area contributed by atoms with Gasteiger partial charge >= 0.3 is 12.2 Å². The van der Waals surface area contributed by atoms with Crippen molar-refractivity contribution >= 4 is 17.9 Å². The summed E-state index contributed by atoms with van der Waals surface area (Å²) in [4.78, 5) is 34.8. The van der Waals surface area contributed by atoms with Crippen molar-refractivity contribution in [3.63, 3.8) is 0 Å². The molecule has 0 spiro atoms. The molecule has 1 rings (SSSR count). The molecule has 1 aromatic rings. The SMILES string of the molecule is CC(C)(C)OC(=O)NN(Cc1cccc([N+](=O)[O-])c1)C(=O)OC(C)(C)C. The van der Waals surface area contributed by atoms with Crippen LogP contribution in [0.1, 0.15) is 47.1 Å². The average Bonchev–Trinajstić information content (AvgIpc) is 2.43. The fraction of sp³-hybridized carbons (Fsp3) is 0.529. The molecule has 9 nitrogen and oxygen atoms in total. The minimum Gasteiger partial charge on any atom is -0.443 e. The van der Waals surface area contributed by atoms with Crippen molar-refractivity contribution in [2.24, 2.45) is 0 Å². The minimum atomic E-state index is -0.839. The molecule has 1 aromatic carbocycles. The first kappa shape index (κ1) is 21.2. The number of nitro benzene ring substituents is 1. The first-order chi connectivity index (χ1) is 11.8. The van der Waals surface area contributed by atoms with Crippen LogP contribution in [0, 0.1) is 10.1 Å². The number of amides is 2. The highest BCUT2D eigenvalue weighted by molar-refractivity contribution is 5.74. The largest absolute Gasteiger partial charge is 0.443 e. The fourth-order valence-corrected chi connectivity index (χ4v) is 1.83. The number of ether oxygens (including phenoxy) is 2. The van der Waals surface area contributed by atoms with Gasteiger partial charge in [0.15, 0.2) is 0 Å². The van der Waals surface area contributed by atoms with Crippen LogP contribution in [0.5, 0.6) is 0 Å². The average molecular weight is 367 g/mol. The molecule has 0 aliphatic heterocycles. The van der Waals surface area contributed by atoms with Gasteiger partial charge in [-0.1, -0.05) is 12.1 Å². The Morgan fingerprint density at radius 3 is 2.19 bits per heavy atom. The first-order valence-corrected chi connectivity index (χ1v) is 8.00. The van der Waals surface area contributed by atoms with E-state index in [0.29, 0.717) is 5.56 Å². The van der Waals surface area contributed by atoms with Crippen LogP contribution in [-0.4, -0.2) is 33.3 Å². The molecule has 0 atom stereocenters. The maximum Gasteiger partial charge on any atom is 0.429 e. The lowest BCUT2D eigenvalue weighted by Crippen LogP contribution is -2.49. The molecule has 0 heterocycles. The highest BCUT2D eigenvalue weighted by Crippen LogP contribution is 2.16. The fourth-order valence-electron chi connectivity index (χ4n) is 1.83. The van der Waals surface area contributed by atoms with Crippen LogP contribution in [0.2, 0.25) is 0 Å². The number of benzene rings is 1. The zero-order valence-electron chi connectivity index (χ0n) is 15.9. The number of rotatable bonds is 3. The number of carbonyl (C=O) groups is 2. The number of hydrogen-bond acceptors (Lipinski definition) is 6. The van der Waals surface area contributed by atoms with E-state index in [-0.39, 0.29) is 12.2 Å². The molecule has 0 bridgehead atoms. The summed E-state index contributed by atoms with van der Waals surface area (Å²) < 4.78 is 10.4. The molecule has 0 aromatic heterocycles. The molecule has 9 heteroatoms. The summed E-state index contributed by atoms with van der Waals surface area (Å²) in [6.45, 7) is 9.98. The van der Waals surface area contributed by atoms with E-state index in [9.17, 15) is 19.7 Å². The third-order valence-electron chi connectivity index (χ3n) is 2.70. The van der Waals surface area contributed by atoms with E-state index in [1.807, 2.05) is 0 Å². The summed E-state index contributed by atoms with van der Waals surface area (Å²) in [6.07, 6.45) is -1.65. The molecule has 26 heavy (non-hydrogen) atoms. The monoisotopic (exact) mass is 367 g/mol. The summed E-state index contributed by atoms with van der Waals surface area (Å²) in [5.41, 5.74) is 1.11. The van der Waals surface area contributed by atoms with Gasteiger partial charge in [-0.2, -0.15) is 0 Å². The molecule has 0 aliphatic carbocycles. The van der Waals surface area contributed by atoms with Gasteiger partial charge in [0.1, 0.15) is 11.2 Å². The van der Waals surface area contributed by atoms with Crippen molar-refractivity contribution in [3.8, 4) is 0 Å². The Morgan fingerprint density at radius 2 is 1.69 bits per heavy atom. The lowest BCUT2D eigenvalue weighted by atomic mass is 10.2. The van der Waals surface area contributed by atoms with Crippen molar-refractivity contribution < 1.29 is 24.0 Å². The van der Waals surface area contributed by atoms with Crippen molar-refractivity contribution in [1.82, 2.24) is 10.4 Å². The van der Waals surface area contributed by atoms with Crippen LogP contribution in [0.15, 0.2) is 24.3 Å². The molecule has 0 aliphatic rings. The molecule has 0 saturated carbocycles. The zero-order valence-corrected chi connectivity index (χ0v) is 15.9. The zero-order chi connectivity index (χ0) is 20.1. The number of nitrogens with one attached hydrogen (secondary N) is 1. The number of hydrazine groups is 1. The van der Waals surface area contributed by atoms with Crippen LogP contribution >= 0.6 is 0 Å². The number of non-ortho nitro benzene ring substituents is 1. The highest BCUT2D eigenvalue weighted by Gasteiger charge is 2.26. The predicted molar refractivity (Wildman–Crippen MR) is 94.2 cm³/mol. The van der Waals surface area contributed by atoms with Gasteiger partial charge in [-0.05, 0) is 47.1 Å². The van der Waals surface area contributed by atoms with Crippen LogP contribution < -0.4 is 5.43 Å². The number of nitrogens with zero attached hydrogens (tertiary/aromatic N) is 2. The third kappa shape index (κ3) is 7.82. The standard InChI is InChI=1S/C17H25N3O6/c1-16(2,3)25-14(21)18-19(15(22)26-17(4,5)6)11-12-8-7-9-13(10-12)20(23)24/h7-10H,11H2,1-6H3,(H,18,21). The van der Waals surface area contributed by atoms with Gasteiger partial charge in [0.05, 0.1) is 11.5 Å². The molecule has 0 radical (unpaired) electrons. The van der Waals surface area contributed by atoms with Gasteiger partial charge < -0.3 is 9.47 Å². The van der Waals surface area contributed by atoms with E-state index in [0.717, 1.165) is 5.01 Å². The Hall–Kier alpha value is -2.84. The summed E-state index contributed by atoms with van der Waals surface area (Å²) >= 11 is 0. The highest BCUT2D eigenvalue weighted by atomic mass is 16.6.